The van der Waals surface area contributed by atoms with E-state index in [0.717, 1.165) is 17.4 Å². The number of hydrogen-bond acceptors (Lipinski definition) is 3. The number of nitrogens with two attached hydrogens (primary N) is 1. The maximum atomic E-state index is 13.6. The molecule has 2 aromatic heterocycles. The number of primary amides is 1. The van der Waals surface area contributed by atoms with E-state index in [4.69, 9.17) is 5.73 Å². The van der Waals surface area contributed by atoms with Gasteiger partial charge in [-0.1, -0.05) is 0 Å². The average Bonchev–Trinajstić information content (AvgIpc) is 3.23. The van der Waals surface area contributed by atoms with Gasteiger partial charge in [0.05, 0.1) is 16.9 Å². The van der Waals surface area contributed by atoms with Crippen LogP contribution in [0.5, 0.6) is 0 Å². The molecule has 0 atom stereocenters. The molecule has 0 aliphatic rings. The third kappa shape index (κ3) is 2.32. The van der Waals surface area contributed by atoms with E-state index in [0.29, 0.717) is 10.9 Å². The van der Waals surface area contributed by atoms with E-state index in [1.165, 1.54) is 6.07 Å². The summed E-state index contributed by atoms with van der Waals surface area (Å²) in [5.41, 5.74) is 7.43. The van der Waals surface area contributed by atoms with Crippen molar-refractivity contribution in [3.8, 4) is 11.4 Å². The Morgan fingerprint density at radius 3 is 2.42 bits per heavy atom. The van der Waals surface area contributed by atoms with Crippen LogP contribution in [0.1, 0.15) is 10.4 Å². The number of carbonyl (C=O) groups is 1. The first kappa shape index (κ1) is 14.1. The Hall–Kier alpha value is -3.48. The predicted octanol–water partition coefficient (Wildman–Crippen LogP) is 2.45. The van der Waals surface area contributed by atoms with Gasteiger partial charge in [-0.05, 0) is 42.5 Å². The standard InChI is InChI=1S/C17H12FN5O/c18-12-8-11-10-23(21-16(11)15(9-12)17(19)24)14-4-2-13(3-5-14)22-7-1-6-20-22/h1-10H,(H2,19,24). The molecule has 0 bridgehead atoms. The van der Waals surface area contributed by atoms with Crippen LogP contribution in [0.3, 0.4) is 0 Å². The number of rotatable bonds is 3. The molecule has 2 N–H and O–H groups in total. The van der Waals surface area contributed by atoms with Crippen LogP contribution in [0.2, 0.25) is 0 Å². The number of amides is 1. The first-order chi connectivity index (χ1) is 11.6. The largest absolute Gasteiger partial charge is 0.366 e. The molecule has 0 saturated carbocycles. The molecule has 1 amide bonds. The number of aromatic nitrogens is 4. The molecule has 2 aromatic carbocycles. The minimum atomic E-state index is -0.709. The van der Waals surface area contributed by atoms with Crippen LogP contribution in [0, 0.1) is 5.82 Å². The number of hydrogen-bond donors (Lipinski definition) is 1. The second-order valence-corrected chi connectivity index (χ2v) is 5.30. The van der Waals surface area contributed by atoms with E-state index in [-0.39, 0.29) is 5.56 Å². The molecule has 0 radical (unpaired) electrons. The Bertz CT molecular complexity index is 1030. The zero-order valence-corrected chi connectivity index (χ0v) is 12.4. The lowest BCUT2D eigenvalue weighted by molar-refractivity contribution is 0.100. The maximum Gasteiger partial charge on any atom is 0.251 e. The third-order valence-electron chi connectivity index (χ3n) is 3.72. The van der Waals surface area contributed by atoms with E-state index in [1.54, 1.807) is 21.8 Å². The van der Waals surface area contributed by atoms with Crippen molar-refractivity contribution >= 4 is 16.8 Å². The van der Waals surface area contributed by atoms with Gasteiger partial charge in [0, 0.05) is 24.0 Å². The normalized spacial score (nSPS) is 11.0. The van der Waals surface area contributed by atoms with Gasteiger partial charge in [0.1, 0.15) is 11.3 Å². The first-order valence-corrected chi connectivity index (χ1v) is 7.21. The van der Waals surface area contributed by atoms with Crippen LogP contribution in [-0.2, 0) is 0 Å². The van der Waals surface area contributed by atoms with Gasteiger partial charge in [-0.15, -0.1) is 0 Å². The van der Waals surface area contributed by atoms with Gasteiger partial charge in [0.25, 0.3) is 5.91 Å². The SMILES string of the molecule is NC(=O)c1cc(F)cc2cn(-c3ccc(-n4cccn4)cc3)nc12. The summed E-state index contributed by atoms with van der Waals surface area (Å²) in [4.78, 5) is 11.5. The lowest BCUT2D eigenvalue weighted by Gasteiger charge is -2.04. The van der Waals surface area contributed by atoms with Gasteiger partial charge < -0.3 is 5.73 Å². The van der Waals surface area contributed by atoms with E-state index < -0.39 is 11.7 Å². The van der Waals surface area contributed by atoms with Gasteiger partial charge in [0.15, 0.2) is 0 Å². The summed E-state index contributed by atoms with van der Waals surface area (Å²) in [6.45, 7) is 0. The zero-order chi connectivity index (χ0) is 16.7. The molecule has 2 heterocycles. The van der Waals surface area contributed by atoms with Crippen LogP contribution < -0.4 is 5.73 Å². The van der Waals surface area contributed by atoms with Crippen molar-refractivity contribution in [3.05, 3.63) is 72.4 Å². The number of halogens is 1. The second kappa shape index (κ2) is 5.31. The van der Waals surface area contributed by atoms with Crippen LogP contribution in [-0.4, -0.2) is 25.5 Å². The van der Waals surface area contributed by atoms with Crippen molar-refractivity contribution in [2.75, 3.05) is 0 Å². The van der Waals surface area contributed by atoms with Crippen LogP contribution >= 0.6 is 0 Å². The molecule has 0 saturated heterocycles. The Balaban J connectivity index is 1.79. The summed E-state index contributed by atoms with van der Waals surface area (Å²) in [7, 11) is 0. The first-order valence-electron chi connectivity index (χ1n) is 7.21. The molecule has 0 fully saturated rings. The van der Waals surface area contributed by atoms with Crippen molar-refractivity contribution < 1.29 is 9.18 Å². The number of carbonyl (C=O) groups excluding carboxylic acids is 1. The number of nitrogens with zero attached hydrogens (tertiary/aromatic N) is 4. The molecule has 7 heteroatoms. The van der Waals surface area contributed by atoms with Crippen molar-refractivity contribution in [1.29, 1.82) is 0 Å². The maximum absolute atomic E-state index is 13.6. The molecular weight excluding hydrogens is 309 g/mol. The van der Waals surface area contributed by atoms with Gasteiger partial charge >= 0.3 is 0 Å². The van der Waals surface area contributed by atoms with Crippen LogP contribution in [0.25, 0.3) is 22.3 Å². The van der Waals surface area contributed by atoms with E-state index in [1.807, 2.05) is 36.5 Å². The highest BCUT2D eigenvalue weighted by Gasteiger charge is 2.13. The van der Waals surface area contributed by atoms with Crippen LogP contribution in [0.15, 0.2) is 61.1 Å². The minimum absolute atomic E-state index is 0.0666. The van der Waals surface area contributed by atoms with Crippen molar-refractivity contribution in [2.45, 2.75) is 0 Å². The highest BCUT2D eigenvalue weighted by Crippen LogP contribution is 2.21. The third-order valence-corrected chi connectivity index (χ3v) is 3.72. The fourth-order valence-corrected chi connectivity index (χ4v) is 2.60. The van der Waals surface area contributed by atoms with Crippen molar-refractivity contribution in [1.82, 2.24) is 19.6 Å². The Morgan fingerprint density at radius 2 is 1.79 bits per heavy atom. The second-order valence-electron chi connectivity index (χ2n) is 5.30. The molecule has 0 aliphatic carbocycles. The average molecular weight is 321 g/mol. The zero-order valence-electron chi connectivity index (χ0n) is 12.4. The number of fused-ring (bicyclic) bond motifs is 1. The molecule has 0 spiro atoms. The van der Waals surface area contributed by atoms with Crippen molar-refractivity contribution in [3.63, 3.8) is 0 Å². The molecule has 0 unspecified atom stereocenters. The van der Waals surface area contributed by atoms with Gasteiger partial charge in [-0.3, -0.25) is 4.79 Å². The molecule has 118 valence electrons. The Morgan fingerprint density at radius 1 is 1.08 bits per heavy atom. The fourth-order valence-electron chi connectivity index (χ4n) is 2.60. The Kier molecular flexibility index (Phi) is 3.13. The quantitative estimate of drug-likeness (QED) is 0.629. The highest BCUT2D eigenvalue weighted by molar-refractivity contribution is 6.04. The summed E-state index contributed by atoms with van der Waals surface area (Å²) in [5.74, 6) is -1.23. The summed E-state index contributed by atoms with van der Waals surface area (Å²) >= 11 is 0. The summed E-state index contributed by atoms with van der Waals surface area (Å²) in [6, 6.07) is 11.8. The molecular formula is C17H12FN5O. The van der Waals surface area contributed by atoms with Gasteiger partial charge in [-0.25, -0.2) is 13.8 Å². The predicted molar refractivity (Wildman–Crippen MR) is 86.7 cm³/mol. The van der Waals surface area contributed by atoms with E-state index in [2.05, 4.69) is 10.2 Å². The monoisotopic (exact) mass is 321 g/mol. The molecule has 4 aromatic rings. The lowest BCUT2D eigenvalue weighted by atomic mass is 10.1. The summed E-state index contributed by atoms with van der Waals surface area (Å²) in [5, 5.41) is 9.04. The lowest BCUT2D eigenvalue weighted by Crippen LogP contribution is -2.12. The minimum Gasteiger partial charge on any atom is -0.366 e. The van der Waals surface area contributed by atoms with E-state index >= 15 is 0 Å². The van der Waals surface area contributed by atoms with Crippen LogP contribution in [0.4, 0.5) is 4.39 Å². The molecule has 24 heavy (non-hydrogen) atoms. The smallest absolute Gasteiger partial charge is 0.251 e. The number of benzene rings is 2. The summed E-state index contributed by atoms with van der Waals surface area (Å²) in [6.07, 6.45) is 5.21. The Labute approximate surface area is 135 Å². The van der Waals surface area contributed by atoms with E-state index in [9.17, 15) is 9.18 Å². The topological polar surface area (TPSA) is 78.7 Å². The summed E-state index contributed by atoms with van der Waals surface area (Å²) < 4.78 is 17.0. The highest BCUT2D eigenvalue weighted by atomic mass is 19.1. The molecule has 0 aliphatic heterocycles. The van der Waals surface area contributed by atoms with Gasteiger partial charge in [-0.2, -0.15) is 10.2 Å². The molecule has 4 rings (SSSR count). The molecule has 6 nitrogen and oxygen atoms in total. The fraction of sp³-hybridized carbons (Fsp3) is 0. The van der Waals surface area contributed by atoms with Crippen molar-refractivity contribution in [2.24, 2.45) is 5.73 Å². The van der Waals surface area contributed by atoms with Gasteiger partial charge in [0.2, 0.25) is 0 Å².